The summed E-state index contributed by atoms with van der Waals surface area (Å²) in [7, 11) is 0. The van der Waals surface area contributed by atoms with Gasteiger partial charge in [0.15, 0.2) is 0 Å². The molecular formula is C26H38N4O4. The van der Waals surface area contributed by atoms with Crippen LogP contribution >= 0.6 is 0 Å². The lowest BCUT2D eigenvalue weighted by atomic mass is 9.95. The Balaban J connectivity index is 3.51. The van der Waals surface area contributed by atoms with Gasteiger partial charge in [0.25, 0.3) is 0 Å². The maximum Gasteiger partial charge on any atom is 0.408 e. The minimum absolute atomic E-state index is 0.179. The number of ether oxygens (including phenoxy) is 1. The summed E-state index contributed by atoms with van der Waals surface area (Å²) in [4.78, 5) is 40.8. The van der Waals surface area contributed by atoms with Crippen LogP contribution in [0.4, 0.5) is 4.79 Å². The molecule has 0 aliphatic carbocycles. The second-order valence-electron chi connectivity index (χ2n) is 9.57. The van der Waals surface area contributed by atoms with Gasteiger partial charge >= 0.3 is 6.09 Å². The van der Waals surface area contributed by atoms with Gasteiger partial charge in [-0.1, -0.05) is 51.1 Å². The summed E-state index contributed by atoms with van der Waals surface area (Å²) in [5.41, 5.74) is 0.568. The molecule has 8 nitrogen and oxygen atoms in total. The molecule has 1 rings (SSSR count). The number of benzene rings is 1. The molecule has 1 aromatic carbocycles. The molecule has 0 saturated carbocycles. The fourth-order valence-corrected chi connectivity index (χ4v) is 3.36. The Kier molecular flexibility index (Phi) is 10.8. The third-order valence-electron chi connectivity index (χ3n) is 5.13. The van der Waals surface area contributed by atoms with Gasteiger partial charge in [-0.15, -0.1) is 0 Å². The van der Waals surface area contributed by atoms with Crippen molar-refractivity contribution in [2.45, 2.75) is 78.6 Å². The average molecular weight is 471 g/mol. The number of amides is 3. The first-order chi connectivity index (χ1) is 15.8. The number of nitrogens with zero attached hydrogens (tertiary/aromatic N) is 2. The summed E-state index contributed by atoms with van der Waals surface area (Å²) < 4.78 is 5.35. The van der Waals surface area contributed by atoms with E-state index in [-0.39, 0.29) is 18.5 Å². The Morgan fingerprint density at radius 2 is 1.85 bits per heavy atom. The number of carbonyl (C=O) groups is 3. The number of nitriles is 1. The summed E-state index contributed by atoms with van der Waals surface area (Å²) >= 11 is 0. The van der Waals surface area contributed by atoms with Crippen LogP contribution in [0.3, 0.4) is 0 Å². The summed E-state index contributed by atoms with van der Waals surface area (Å²) in [6.07, 6.45) is 1.49. The van der Waals surface area contributed by atoms with Crippen molar-refractivity contribution in [1.82, 2.24) is 15.5 Å². The second-order valence-corrected chi connectivity index (χ2v) is 9.57. The van der Waals surface area contributed by atoms with Crippen LogP contribution in [0.1, 0.15) is 72.1 Å². The molecule has 0 heterocycles. The van der Waals surface area contributed by atoms with Crippen LogP contribution in [0.2, 0.25) is 0 Å². The highest BCUT2D eigenvalue weighted by Crippen LogP contribution is 2.25. The van der Waals surface area contributed by atoms with Crippen LogP contribution < -0.4 is 10.6 Å². The SMILES string of the molecule is C=Cc1cccc(C(C(=O)NC(C)C)N(CC#N)C(=O)C(NC(=O)OC(C)(C)C)C(C)CC)c1. The number of nitrogens with one attached hydrogen (secondary N) is 2. The number of hydrogen-bond acceptors (Lipinski definition) is 5. The molecule has 1 aromatic rings. The lowest BCUT2D eigenvalue weighted by Crippen LogP contribution is -2.55. The molecule has 0 aliphatic rings. The van der Waals surface area contributed by atoms with E-state index in [1.54, 1.807) is 45.0 Å². The smallest absolute Gasteiger partial charge is 0.408 e. The highest BCUT2D eigenvalue weighted by Gasteiger charge is 2.38. The highest BCUT2D eigenvalue weighted by molar-refractivity contribution is 5.92. The van der Waals surface area contributed by atoms with Gasteiger partial charge in [-0.3, -0.25) is 9.59 Å². The zero-order valence-electron chi connectivity index (χ0n) is 21.3. The Morgan fingerprint density at radius 1 is 1.21 bits per heavy atom. The summed E-state index contributed by atoms with van der Waals surface area (Å²) in [6.45, 7) is 16.0. The normalized spacial score (nSPS) is 13.7. The van der Waals surface area contributed by atoms with E-state index < -0.39 is 35.6 Å². The van der Waals surface area contributed by atoms with E-state index >= 15 is 0 Å². The lowest BCUT2D eigenvalue weighted by Gasteiger charge is -2.35. The monoisotopic (exact) mass is 470 g/mol. The van der Waals surface area contributed by atoms with Crippen molar-refractivity contribution in [3.63, 3.8) is 0 Å². The predicted molar refractivity (Wildman–Crippen MR) is 132 cm³/mol. The van der Waals surface area contributed by atoms with Gasteiger partial charge in [-0.05, 0) is 57.7 Å². The molecule has 0 saturated heterocycles. The standard InChI is InChI=1S/C26H38N4O4/c1-9-18(5)21(29-25(33)34-26(6,7)8)24(32)30(15-14-27)22(23(31)28-17(3)4)20-13-11-12-19(10-2)16-20/h10-13,16-18,21-22H,2,9,15H2,1,3-8H3,(H,28,31)(H,29,33). The predicted octanol–water partition coefficient (Wildman–Crippen LogP) is 4.19. The zero-order valence-corrected chi connectivity index (χ0v) is 21.3. The summed E-state index contributed by atoms with van der Waals surface area (Å²) in [5.74, 6) is -1.22. The van der Waals surface area contributed by atoms with Crippen molar-refractivity contribution in [2.24, 2.45) is 5.92 Å². The molecule has 0 aliphatic heterocycles. The van der Waals surface area contributed by atoms with Crippen molar-refractivity contribution in [3.05, 3.63) is 42.0 Å². The second kappa shape index (κ2) is 12.8. The number of alkyl carbamates (subject to hydrolysis) is 1. The minimum atomic E-state index is -1.07. The molecule has 3 unspecified atom stereocenters. The fourth-order valence-electron chi connectivity index (χ4n) is 3.36. The maximum absolute atomic E-state index is 13.8. The first-order valence-electron chi connectivity index (χ1n) is 11.5. The van der Waals surface area contributed by atoms with E-state index in [1.165, 1.54) is 4.90 Å². The third kappa shape index (κ3) is 8.54. The molecule has 186 valence electrons. The maximum atomic E-state index is 13.8. The molecule has 34 heavy (non-hydrogen) atoms. The molecule has 0 spiro atoms. The molecule has 8 heteroatoms. The Bertz CT molecular complexity index is 914. The van der Waals surface area contributed by atoms with Gasteiger partial charge in [0, 0.05) is 6.04 Å². The Morgan fingerprint density at radius 3 is 2.35 bits per heavy atom. The Hall–Kier alpha value is -3.34. The van der Waals surface area contributed by atoms with Crippen LogP contribution in [-0.4, -0.2) is 47.0 Å². The molecule has 0 bridgehead atoms. The van der Waals surface area contributed by atoms with E-state index in [0.29, 0.717) is 12.0 Å². The first kappa shape index (κ1) is 28.7. The fraction of sp³-hybridized carbons (Fsp3) is 0.538. The topological polar surface area (TPSA) is 112 Å². The van der Waals surface area contributed by atoms with E-state index in [4.69, 9.17) is 4.74 Å². The zero-order chi connectivity index (χ0) is 26.1. The van der Waals surface area contributed by atoms with Crippen LogP contribution in [0.5, 0.6) is 0 Å². The van der Waals surface area contributed by atoms with Crippen LogP contribution in [0.15, 0.2) is 30.8 Å². The molecule has 2 N–H and O–H groups in total. The molecular weight excluding hydrogens is 432 g/mol. The van der Waals surface area contributed by atoms with Crippen molar-refractivity contribution < 1.29 is 19.1 Å². The van der Waals surface area contributed by atoms with E-state index in [2.05, 4.69) is 17.2 Å². The highest BCUT2D eigenvalue weighted by atomic mass is 16.6. The average Bonchev–Trinajstić information content (AvgIpc) is 2.74. The molecule has 0 aromatic heterocycles. The number of rotatable bonds is 10. The quantitative estimate of drug-likeness (QED) is 0.498. The number of carbonyl (C=O) groups excluding carboxylic acids is 3. The molecule has 3 amide bonds. The molecule has 0 fully saturated rings. The van der Waals surface area contributed by atoms with Gasteiger partial charge in [0.1, 0.15) is 24.2 Å². The van der Waals surface area contributed by atoms with Crippen molar-refractivity contribution in [3.8, 4) is 6.07 Å². The van der Waals surface area contributed by atoms with Gasteiger partial charge in [0.2, 0.25) is 11.8 Å². The van der Waals surface area contributed by atoms with Crippen molar-refractivity contribution >= 4 is 24.0 Å². The van der Waals surface area contributed by atoms with Crippen LogP contribution in [0.25, 0.3) is 6.08 Å². The number of hydrogen-bond donors (Lipinski definition) is 2. The van der Waals surface area contributed by atoms with Crippen molar-refractivity contribution in [1.29, 1.82) is 5.26 Å². The first-order valence-corrected chi connectivity index (χ1v) is 11.5. The van der Waals surface area contributed by atoms with Gasteiger partial charge in [-0.2, -0.15) is 5.26 Å². The minimum Gasteiger partial charge on any atom is -0.444 e. The van der Waals surface area contributed by atoms with Crippen LogP contribution in [0, 0.1) is 17.2 Å². The van der Waals surface area contributed by atoms with Gasteiger partial charge in [0.05, 0.1) is 6.07 Å². The molecule has 0 radical (unpaired) electrons. The van der Waals surface area contributed by atoms with Crippen LogP contribution in [-0.2, 0) is 14.3 Å². The van der Waals surface area contributed by atoms with Crippen molar-refractivity contribution in [2.75, 3.05) is 6.54 Å². The summed E-state index contributed by atoms with van der Waals surface area (Å²) in [6, 6.07) is 6.86. The van der Waals surface area contributed by atoms with Gasteiger partial charge < -0.3 is 20.3 Å². The van der Waals surface area contributed by atoms with E-state index in [9.17, 15) is 19.6 Å². The van der Waals surface area contributed by atoms with Gasteiger partial charge in [-0.25, -0.2) is 4.79 Å². The largest absolute Gasteiger partial charge is 0.444 e. The molecule has 3 atom stereocenters. The lowest BCUT2D eigenvalue weighted by molar-refractivity contribution is -0.142. The van der Waals surface area contributed by atoms with E-state index in [0.717, 1.165) is 5.56 Å². The Labute approximate surface area is 203 Å². The third-order valence-corrected chi connectivity index (χ3v) is 5.13. The van der Waals surface area contributed by atoms with E-state index in [1.807, 2.05) is 39.8 Å². The summed E-state index contributed by atoms with van der Waals surface area (Å²) in [5, 5.41) is 15.1.